The van der Waals surface area contributed by atoms with Gasteiger partial charge in [0.25, 0.3) is 5.91 Å². The number of sulfonamides is 1. The molecule has 0 fully saturated rings. The van der Waals surface area contributed by atoms with Gasteiger partial charge in [0, 0.05) is 18.7 Å². The van der Waals surface area contributed by atoms with Gasteiger partial charge in [-0.3, -0.25) is 4.79 Å². The molecule has 0 radical (unpaired) electrons. The van der Waals surface area contributed by atoms with Crippen molar-refractivity contribution in [2.24, 2.45) is 0 Å². The third-order valence-electron chi connectivity index (χ3n) is 4.70. The number of nitrogens with one attached hydrogen (secondary N) is 2. The highest BCUT2D eigenvalue weighted by Gasteiger charge is 2.17. The second-order valence-electron chi connectivity index (χ2n) is 6.95. The number of carbonyl (C=O) groups is 1. The maximum absolute atomic E-state index is 12.5. The normalized spacial score (nSPS) is 12.6. The van der Waals surface area contributed by atoms with Crippen LogP contribution in [0.4, 0.5) is 0 Å². The molecular weight excluding hydrogens is 386 g/mol. The van der Waals surface area contributed by atoms with E-state index < -0.39 is 10.0 Å². The van der Waals surface area contributed by atoms with Gasteiger partial charge in [-0.1, -0.05) is 37.3 Å². The van der Waals surface area contributed by atoms with Gasteiger partial charge in [0.2, 0.25) is 10.0 Å². The van der Waals surface area contributed by atoms with Crippen molar-refractivity contribution in [1.29, 1.82) is 0 Å². The summed E-state index contributed by atoms with van der Waals surface area (Å²) in [6, 6.07) is 14.3. The number of amides is 1. The summed E-state index contributed by atoms with van der Waals surface area (Å²) in [6.07, 6.45) is 2.45. The van der Waals surface area contributed by atoms with Gasteiger partial charge in [-0.25, -0.2) is 13.1 Å². The van der Waals surface area contributed by atoms with Crippen LogP contribution in [0, 0.1) is 0 Å². The van der Waals surface area contributed by atoms with Crippen molar-refractivity contribution in [3.63, 3.8) is 0 Å². The Kier molecular flexibility index (Phi) is 8.13. The lowest BCUT2D eigenvalue weighted by molar-refractivity contribution is 0.0942. The van der Waals surface area contributed by atoms with Crippen LogP contribution >= 0.6 is 0 Å². The van der Waals surface area contributed by atoms with Crippen molar-refractivity contribution in [3.05, 3.63) is 77.9 Å². The maximum atomic E-state index is 12.5. The van der Waals surface area contributed by atoms with Crippen molar-refractivity contribution in [2.75, 3.05) is 27.2 Å². The van der Waals surface area contributed by atoms with E-state index in [2.05, 4.69) is 52.7 Å². The monoisotopic (exact) mass is 415 g/mol. The molecule has 0 saturated heterocycles. The maximum Gasteiger partial charge on any atom is 0.251 e. The minimum atomic E-state index is -3.60. The Morgan fingerprint density at radius 2 is 1.72 bits per heavy atom. The van der Waals surface area contributed by atoms with Gasteiger partial charge in [0.15, 0.2) is 0 Å². The molecule has 1 amide bonds. The van der Waals surface area contributed by atoms with Crippen LogP contribution in [0.5, 0.6) is 0 Å². The molecule has 0 heterocycles. The first kappa shape index (κ1) is 22.8. The highest BCUT2D eigenvalue weighted by atomic mass is 32.2. The molecule has 2 rings (SSSR count). The largest absolute Gasteiger partial charge is 0.350 e. The minimum absolute atomic E-state index is 0.0348. The third-order valence-corrected chi connectivity index (χ3v) is 6.14. The van der Waals surface area contributed by atoms with Gasteiger partial charge in [0.1, 0.15) is 0 Å². The molecule has 6 nitrogen and oxygen atoms in total. The van der Waals surface area contributed by atoms with Crippen LogP contribution in [0.15, 0.2) is 66.1 Å². The van der Waals surface area contributed by atoms with E-state index in [-0.39, 0.29) is 23.4 Å². The zero-order valence-corrected chi connectivity index (χ0v) is 18.0. The molecule has 0 aliphatic carbocycles. The van der Waals surface area contributed by atoms with Crippen LogP contribution in [-0.2, 0) is 16.4 Å². The molecule has 0 aromatic heterocycles. The van der Waals surface area contributed by atoms with Crippen molar-refractivity contribution in [2.45, 2.75) is 24.3 Å². The van der Waals surface area contributed by atoms with Crippen molar-refractivity contribution >= 4 is 15.9 Å². The first-order valence-corrected chi connectivity index (χ1v) is 11.0. The zero-order valence-electron chi connectivity index (χ0n) is 17.2. The Bertz CT molecular complexity index is 921. The first-order valence-electron chi connectivity index (χ1n) is 9.52. The third kappa shape index (κ3) is 6.25. The molecule has 0 saturated carbocycles. The summed E-state index contributed by atoms with van der Waals surface area (Å²) in [5, 5.41) is 2.94. The molecule has 2 aromatic rings. The van der Waals surface area contributed by atoms with Gasteiger partial charge in [0.05, 0.1) is 10.9 Å². The van der Waals surface area contributed by atoms with Gasteiger partial charge in [-0.15, -0.1) is 6.58 Å². The average molecular weight is 416 g/mol. The van der Waals surface area contributed by atoms with Crippen molar-refractivity contribution in [3.8, 4) is 0 Å². The molecule has 0 spiro atoms. The Morgan fingerprint density at radius 3 is 2.24 bits per heavy atom. The fraction of sp³-hybridized carbons (Fsp3) is 0.318. The van der Waals surface area contributed by atoms with Crippen LogP contribution in [0.25, 0.3) is 0 Å². The van der Waals surface area contributed by atoms with Crippen LogP contribution < -0.4 is 10.0 Å². The topological polar surface area (TPSA) is 78.5 Å². The Morgan fingerprint density at radius 1 is 1.10 bits per heavy atom. The number of hydrogen-bond donors (Lipinski definition) is 2. The van der Waals surface area contributed by atoms with E-state index in [9.17, 15) is 13.2 Å². The van der Waals surface area contributed by atoms with E-state index in [1.807, 2.05) is 14.1 Å². The smallest absolute Gasteiger partial charge is 0.251 e. The molecular formula is C22H29N3O3S. The van der Waals surface area contributed by atoms with E-state index in [4.69, 9.17) is 0 Å². The SMILES string of the molecule is C=CCNS(=O)(=O)c1ccc(C(=O)NCC(c2ccc(CC)cc2)N(C)C)cc1. The van der Waals surface area contributed by atoms with E-state index in [1.165, 1.54) is 35.9 Å². The number of hydrogen-bond acceptors (Lipinski definition) is 4. The minimum Gasteiger partial charge on any atom is -0.350 e. The molecule has 0 aliphatic rings. The summed E-state index contributed by atoms with van der Waals surface area (Å²) >= 11 is 0. The second kappa shape index (κ2) is 10.3. The molecule has 0 bridgehead atoms. The lowest BCUT2D eigenvalue weighted by Crippen LogP contribution is -2.34. The summed E-state index contributed by atoms with van der Waals surface area (Å²) in [4.78, 5) is 14.7. The summed E-state index contributed by atoms with van der Waals surface area (Å²) in [5.74, 6) is -0.245. The summed E-state index contributed by atoms with van der Waals surface area (Å²) in [7, 11) is 0.342. The predicted molar refractivity (Wildman–Crippen MR) is 116 cm³/mol. The number of nitrogens with zero attached hydrogens (tertiary/aromatic N) is 1. The van der Waals surface area contributed by atoms with E-state index in [0.717, 1.165) is 12.0 Å². The van der Waals surface area contributed by atoms with Gasteiger partial charge < -0.3 is 10.2 Å². The molecule has 29 heavy (non-hydrogen) atoms. The zero-order chi connectivity index (χ0) is 21.4. The quantitative estimate of drug-likeness (QED) is 0.585. The number of benzene rings is 2. The molecule has 7 heteroatoms. The highest BCUT2D eigenvalue weighted by molar-refractivity contribution is 7.89. The van der Waals surface area contributed by atoms with E-state index >= 15 is 0 Å². The van der Waals surface area contributed by atoms with Crippen LogP contribution in [0.2, 0.25) is 0 Å². The molecule has 0 aliphatic heterocycles. The summed E-state index contributed by atoms with van der Waals surface area (Å²) in [5.41, 5.74) is 2.81. The van der Waals surface area contributed by atoms with E-state index in [1.54, 1.807) is 0 Å². The highest BCUT2D eigenvalue weighted by Crippen LogP contribution is 2.19. The Balaban J connectivity index is 2.05. The number of likely N-dealkylation sites (N-methyl/N-ethyl adjacent to an activating group) is 1. The number of rotatable bonds is 10. The van der Waals surface area contributed by atoms with Crippen molar-refractivity contribution in [1.82, 2.24) is 14.9 Å². The molecule has 1 atom stereocenters. The van der Waals surface area contributed by atoms with Crippen LogP contribution in [0.3, 0.4) is 0 Å². The van der Waals surface area contributed by atoms with E-state index in [0.29, 0.717) is 12.1 Å². The number of aryl methyl sites for hydroxylation is 1. The van der Waals surface area contributed by atoms with Gasteiger partial charge in [-0.2, -0.15) is 0 Å². The van der Waals surface area contributed by atoms with Gasteiger partial charge in [-0.05, 0) is 55.9 Å². The second-order valence-corrected chi connectivity index (χ2v) is 8.72. The molecule has 1 unspecified atom stereocenters. The molecule has 2 aromatic carbocycles. The fourth-order valence-corrected chi connectivity index (χ4v) is 3.90. The fourth-order valence-electron chi connectivity index (χ4n) is 2.90. The lowest BCUT2D eigenvalue weighted by Gasteiger charge is -2.25. The summed E-state index contributed by atoms with van der Waals surface area (Å²) in [6.45, 7) is 6.20. The lowest BCUT2D eigenvalue weighted by atomic mass is 10.0. The summed E-state index contributed by atoms with van der Waals surface area (Å²) < 4.78 is 26.6. The molecule has 156 valence electrons. The standard InChI is InChI=1S/C22H29N3O3S/c1-5-15-24-29(27,28)20-13-11-19(12-14-20)22(26)23-16-21(25(3)4)18-9-7-17(6-2)8-10-18/h5,7-14,21,24H,1,6,15-16H2,2-4H3,(H,23,26). The Labute approximate surface area is 173 Å². The van der Waals surface area contributed by atoms with Crippen molar-refractivity contribution < 1.29 is 13.2 Å². The van der Waals surface area contributed by atoms with Crippen LogP contribution in [-0.4, -0.2) is 46.4 Å². The first-order chi connectivity index (χ1) is 13.8. The van der Waals surface area contributed by atoms with Gasteiger partial charge >= 0.3 is 0 Å². The van der Waals surface area contributed by atoms with Crippen LogP contribution in [0.1, 0.15) is 34.5 Å². The Hall–Kier alpha value is -2.48. The molecule has 2 N–H and O–H groups in total. The predicted octanol–water partition coefficient (Wildman–Crippen LogP) is 2.75. The number of carbonyl (C=O) groups excluding carboxylic acids is 1. The average Bonchev–Trinajstić information content (AvgIpc) is 2.72.